The van der Waals surface area contributed by atoms with Gasteiger partial charge in [-0.3, -0.25) is 0 Å². The molecule has 0 saturated carbocycles. The minimum absolute atomic E-state index is 0.207. The number of hydrogen-bond acceptors (Lipinski definition) is 2. The van der Waals surface area contributed by atoms with E-state index in [0.717, 1.165) is 11.3 Å². The maximum absolute atomic E-state index is 10.2. The summed E-state index contributed by atoms with van der Waals surface area (Å²) < 4.78 is 0.207. The van der Waals surface area contributed by atoms with Gasteiger partial charge in [-0.2, -0.15) is 11.8 Å². The van der Waals surface area contributed by atoms with Crippen molar-refractivity contribution >= 4 is 11.8 Å². The van der Waals surface area contributed by atoms with Crippen molar-refractivity contribution in [2.45, 2.75) is 45.5 Å². The number of aliphatic hydroxyl groups excluding tert-OH is 1. The van der Waals surface area contributed by atoms with E-state index in [4.69, 9.17) is 0 Å². The van der Waals surface area contributed by atoms with Gasteiger partial charge in [0.05, 0.1) is 6.10 Å². The zero-order valence-electron chi connectivity index (χ0n) is 10.9. The van der Waals surface area contributed by atoms with Crippen LogP contribution in [0.15, 0.2) is 18.2 Å². The maximum atomic E-state index is 10.2. The maximum Gasteiger partial charge on any atom is 0.0883 e. The summed E-state index contributed by atoms with van der Waals surface area (Å²) in [6, 6.07) is 6.13. The van der Waals surface area contributed by atoms with Crippen molar-refractivity contribution in [3.63, 3.8) is 0 Å². The average Bonchev–Trinajstić information content (AvgIpc) is 2.17. The SMILES string of the molecule is Cc1cccc(C(O)CSC(C)(C)C)c1C. The average molecular weight is 238 g/mol. The molecule has 0 radical (unpaired) electrons. The van der Waals surface area contributed by atoms with Crippen LogP contribution in [0.3, 0.4) is 0 Å². The molecule has 16 heavy (non-hydrogen) atoms. The first-order valence-corrected chi connectivity index (χ1v) is 6.68. The second kappa shape index (κ2) is 5.24. The molecule has 1 unspecified atom stereocenters. The molecule has 0 heterocycles. The van der Waals surface area contributed by atoms with Gasteiger partial charge in [0.2, 0.25) is 0 Å². The van der Waals surface area contributed by atoms with Crippen LogP contribution in [0.5, 0.6) is 0 Å². The number of thioether (sulfide) groups is 1. The third-order valence-corrected chi connectivity index (χ3v) is 4.03. The van der Waals surface area contributed by atoms with Gasteiger partial charge in [0.1, 0.15) is 0 Å². The highest BCUT2D eigenvalue weighted by Gasteiger charge is 2.16. The summed E-state index contributed by atoms with van der Waals surface area (Å²) in [5.74, 6) is 0.758. The molecule has 1 nitrogen and oxygen atoms in total. The van der Waals surface area contributed by atoms with E-state index in [1.807, 2.05) is 12.1 Å². The largest absolute Gasteiger partial charge is 0.388 e. The van der Waals surface area contributed by atoms with Gasteiger partial charge in [-0.1, -0.05) is 39.0 Å². The summed E-state index contributed by atoms with van der Waals surface area (Å²) in [4.78, 5) is 0. The molecule has 0 bridgehead atoms. The zero-order chi connectivity index (χ0) is 12.3. The van der Waals surface area contributed by atoms with E-state index in [0.29, 0.717) is 0 Å². The Labute approximate surface area is 103 Å². The number of benzene rings is 1. The van der Waals surface area contributed by atoms with Crippen molar-refractivity contribution in [2.24, 2.45) is 0 Å². The lowest BCUT2D eigenvalue weighted by Gasteiger charge is -2.21. The first-order chi connectivity index (χ1) is 7.31. The third-order valence-electron chi connectivity index (χ3n) is 2.68. The fourth-order valence-corrected chi connectivity index (χ4v) is 2.39. The molecule has 0 aliphatic rings. The molecule has 1 N–H and O–H groups in total. The molecule has 0 amide bonds. The Morgan fingerprint density at radius 2 is 1.88 bits per heavy atom. The lowest BCUT2D eigenvalue weighted by Crippen LogP contribution is -2.12. The third kappa shape index (κ3) is 3.84. The van der Waals surface area contributed by atoms with Crippen molar-refractivity contribution in [3.05, 3.63) is 34.9 Å². The van der Waals surface area contributed by atoms with Crippen LogP contribution in [0.25, 0.3) is 0 Å². The van der Waals surface area contributed by atoms with E-state index in [2.05, 4.69) is 40.7 Å². The summed E-state index contributed by atoms with van der Waals surface area (Å²) >= 11 is 1.80. The summed E-state index contributed by atoms with van der Waals surface area (Å²) in [6.45, 7) is 10.7. The van der Waals surface area contributed by atoms with Gasteiger partial charge < -0.3 is 5.11 Å². The molecule has 0 aromatic heterocycles. The van der Waals surface area contributed by atoms with Crippen LogP contribution < -0.4 is 0 Å². The fraction of sp³-hybridized carbons (Fsp3) is 0.571. The van der Waals surface area contributed by atoms with Crippen molar-refractivity contribution < 1.29 is 5.11 Å². The first-order valence-electron chi connectivity index (χ1n) is 5.69. The van der Waals surface area contributed by atoms with Crippen molar-refractivity contribution in [3.8, 4) is 0 Å². The number of aryl methyl sites for hydroxylation is 1. The van der Waals surface area contributed by atoms with E-state index < -0.39 is 0 Å². The summed E-state index contributed by atoms with van der Waals surface area (Å²) in [6.07, 6.45) is -0.357. The number of rotatable bonds is 3. The van der Waals surface area contributed by atoms with Gasteiger partial charge in [-0.15, -0.1) is 0 Å². The summed E-state index contributed by atoms with van der Waals surface area (Å²) in [5.41, 5.74) is 3.53. The molecule has 2 heteroatoms. The van der Waals surface area contributed by atoms with E-state index in [9.17, 15) is 5.11 Å². The van der Waals surface area contributed by atoms with Crippen LogP contribution in [-0.4, -0.2) is 15.6 Å². The van der Waals surface area contributed by atoms with Gasteiger partial charge >= 0.3 is 0 Å². The standard InChI is InChI=1S/C14H22OS/c1-10-7-6-8-12(11(10)2)13(15)9-16-14(3,4)5/h6-8,13,15H,9H2,1-5H3. The Balaban J connectivity index is 2.73. The molecule has 1 aromatic carbocycles. The molecule has 0 spiro atoms. The van der Waals surface area contributed by atoms with Crippen LogP contribution in [0, 0.1) is 13.8 Å². The second-order valence-corrected chi connectivity index (χ2v) is 7.08. The summed E-state index contributed by atoms with van der Waals surface area (Å²) in [7, 11) is 0. The first kappa shape index (κ1) is 13.6. The Hall–Kier alpha value is -0.470. The van der Waals surface area contributed by atoms with Crippen molar-refractivity contribution in [1.82, 2.24) is 0 Å². The van der Waals surface area contributed by atoms with Crippen LogP contribution in [0.2, 0.25) is 0 Å². The van der Waals surface area contributed by atoms with Gasteiger partial charge in [-0.25, -0.2) is 0 Å². The molecule has 1 atom stereocenters. The van der Waals surface area contributed by atoms with E-state index in [-0.39, 0.29) is 10.9 Å². The predicted molar refractivity (Wildman–Crippen MR) is 73.1 cm³/mol. The Kier molecular flexibility index (Phi) is 4.45. The minimum Gasteiger partial charge on any atom is -0.388 e. The van der Waals surface area contributed by atoms with E-state index in [1.165, 1.54) is 11.1 Å². The Bertz CT molecular complexity index is 352. The molecule has 90 valence electrons. The zero-order valence-corrected chi connectivity index (χ0v) is 11.7. The molecule has 0 saturated heterocycles. The molecule has 1 rings (SSSR count). The van der Waals surface area contributed by atoms with Gasteiger partial charge in [0, 0.05) is 10.5 Å². The van der Waals surface area contributed by atoms with Crippen LogP contribution in [0.4, 0.5) is 0 Å². The fourth-order valence-electron chi connectivity index (χ4n) is 1.55. The van der Waals surface area contributed by atoms with Crippen molar-refractivity contribution in [1.29, 1.82) is 0 Å². The van der Waals surface area contributed by atoms with Gasteiger partial charge in [-0.05, 0) is 30.5 Å². The van der Waals surface area contributed by atoms with Crippen LogP contribution in [-0.2, 0) is 0 Å². The van der Waals surface area contributed by atoms with E-state index >= 15 is 0 Å². The van der Waals surface area contributed by atoms with Gasteiger partial charge in [0.15, 0.2) is 0 Å². The Morgan fingerprint density at radius 3 is 2.44 bits per heavy atom. The smallest absolute Gasteiger partial charge is 0.0883 e. The highest BCUT2D eigenvalue weighted by atomic mass is 32.2. The second-order valence-electron chi connectivity index (χ2n) is 5.23. The van der Waals surface area contributed by atoms with E-state index in [1.54, 1.807) is 11.8 Å². The topological polar surface area (TPSA) is 20.2 Å². The molecular weight excluding hydrogens is 216 g/mol. The van der Waals surface area contributed by atoms with Crippen LogP contribution >= 0.6 is 11.8 Å². The van der Waals surface area contributed by atoms with Crippen LogP contribution in [0.1, 0.15) is 43.6 Å². The highest BCUT2D eigenvalue weighted by Crippen LogP contribution is 2.30. The normalized spacial score (nSPS) is 13.9. The summed E-state index contributed by atoms with van der Waals surface area (Å²) in [5, 5.41) is 10.2. The predicted octanol–water partition coefficient (Wildman–Crippen LogP) is 3.87. The number of hydrogen-bond donors (Lipinski definition) is 1. The molecule has 0 aliphatic heterocycles. The monoisotopic (exact) mass is 238 g/mol. The number of aliphatic hydroxyl groups is 1. The lowest BCUT2D eigenvalue weighted by molar-refractivity contribution is 0.203. The molecule has 1 aromatic rings. The van der Waals surface area contributed by atoms with Gasteiger partial charge in [0.25, 0.3) is 0 Å². The highest BCUT2D eigenvalue weighted by molar-refractivity contribution is 8.00. The molecule has 0 fully saturated rings. The quantitative estimate of drug-likeness (QED) is 0.862. The van der Waals surface area contributed by atoms with Crippen molar-refractivity contribution in [2.75, 3.05) is 5.75 Å². The minimum atomic E-state index is -0.357. The molecule has 0 aliphatic carbocycles. The molecular formula is C14H22OS. The lowest BCUT2D eigenvalue weighted by atomic mass is 10.0. The Morgan fingerprint density at radius 1 is 1.25 bits per heavy atom.